The minimum Gasteiger partial charge on any atom is -0.388 e. The van der Waals surface area contributed by atoms with Crippen LogP contribution in [0.3, 0.4) is 0 Å². The van der Waals surface area contributed by atoms with Gasteiger partial charge in [-0.25, -0.2) is 0 Å². The van der Waals surface area contributed by atoms with Crippen LogP contribution in [0.2, 0.25) is 0 Å². The van der Waals surface area contributed by atoms with Crippen molar-refractivity contribution in [2.24, 2.45) is 0 Å². The monoisotopic (exact) mass is 228 g/mol. The molecule has 2 aliphatic heterocycles. The summed E-state index contributed by atoms with van der Waals surface area (Å²) in [6.07, 6.45) is 0.434. The normalized spacial score (nSPS) is 28.5. The van der Waals surface area contributed by atoms with Crippen LogP contribution >= 0.6 is 0 Å². The van der Waals surface area contributed by atoms with Crippen LogP contribution in [0.4, 0.5) is 0 Å². The summed E-state index contributed by atoms with van der Waals surface area (Å²) in [5.41, 5.74) is -0.469. The highest BCUT2D eigenvalue weighted by molar-refractivity contribution is 4.94. The summed E-state index contributed by atoms with van der Waals surface area (Å²) in [4.78, 5) is 4.65. The van der Waals surface area contributed by atoms with E-state index >= 15 is 0 Å². The first-order valence-corrected chi connectivity index (χ1v) is 6.30. The van der Waals surface area contributed by atoms with Crippen LogP contribution in [0.1, 0.15) is 20.8 Å². The molecule has 0 spiro atoms. The molecule has 94 valence electrons. The van der Waals surface area contributed by atoms with E-state index in [2.05, 4.69) is 23.6 Å². The molecule has 0 aromatic carbocycles. The molecule has 2 fully saturated rings. The van der Waals surface area contributed by atoms with E-state index in [4.69, 9.17) is 4.74 Å². The van der Waals surface area contributed by atoms with Crippen LogP contribution in [0, 0.1) is 0 Å². The fraction of sp³-hybridized carbons (Fsp3) is 1.00. The molecule has 2 rings (SSSR count). The second-order valence-electron chi connectivity index (χ2n) is 5.56. The zero-order valence-corrected chi connectivity index (χ0v) is 10.6. The SMILES string of the molecule is CCN1CC(OCC(C)N2CC(C)(O)C2)C1. The second-order valence-corrected chi connectivity index (χ2v) is 5.56. The van der Waals surface area contributed by atoms with Crippen molar-refractivity contribution in [3.8, 4) is 0 Å². The van der Waals surface area contributed by atoms with Gasteiger partial charge >= 0.3 is 0 Å². The van der Waals surface area contributed by atoms with Crippen molar-refractivity contribution >= 4 is 0 Å². The van der Waals surface area contributed by atoms with Crippen LogP contribution < -0.4 is 0 Å². The van der Waals surface area contributed by atoms with Crippen molar-refractivity contribution in [1.82, 2.24) is 9.80 Å². The van der Waals surface area contributed by atoms with Gasteiger partial charge < -0.3 is 9.84 Å². The van der Waals surface area contributed by atoms with Crippen LogP contribution in [0.15, 0.2) is 0 Å². The van der Waals surface area contributed by atoms with Crippen molar-refractivity contribution in [2.75, 3.05) is 39.3 Å². The maximum absolute atomic E-state index is 9.64. The van der Waals surface area contributed by atoms with Crippen LogP contribution in [0.25, 0.3) is 0 Å². The molecule has 1 N–H and O–H groups in total. The molecule has 2 saturated heterocycles. The van der Waals surface area contributed by atoms with E-state index in [1.807, 2.05) is 6.92 Å². The van der Waals surface area contributed by atoms with Gasteiger partial charge in [-0.1, -0.05) is 6.92 Å². The molecular formula is C12H24N2O2. The number of β-amino-alcohol motifs (C(OH)–C–C–N with tert-alkyl or cyclic N) is 1. The number of nitrogens with zero attached hydrogens (tertiary/aromatic N) is 2. The number of likely N-dealkylation sites (tertiary alicyclic amines) is 2. The summed E-state index contributed by atoms with van der Waals surface area (Å²) in [5.74, 6) is 0. The molecule has 0 aliphatic carbocycles. The van der Waals surface area contributed by atoms with Gasteiger partial charge in [-0.2, -0.15) is 0 Å². The standard InChI is InChI=1S/C12H24N2O2/c1-4-13-5-11(6-13)16-7-10(2)14-8-12(3,15)9-14/h10-11,15H,4-9H2,1-3H3. The van der Waals surface area contributed by atoms with Crippen LogP contribution in [-0.4, -0.2) is 72.0 Å². The third-order valence-electron chi connectivity index (χ3n) is 3.65. The fourth-order valence-corrected chi connectivity index (χ4v) is 2.41. The molecule has 1 atom stereocenters. The van der Waals surface area contributed by atoms with E-state index in [9.17, 15) is 5.11 Å². The van der Waals surface area contributed by atoms with E-state index in [1.165, 1.54) is 0 Å². The number of hydrogen-bond acceptors (Lipinski definition) is 4. The highest BCUT2D eigenvalue weighted by Gasteiger charge is 2.39. The van der Waals surface area contributed by atoms with Gasteiger partial charge in [0.05, 0.1) is 18.3 Å². The fourth-order valence-electron chi connectivity index (χ4n) is 2.41. The first kappa shape index (κ1) is 12.3. The predicted octanol–water partition coefficient (Wildman–Crippen LogP) is 0.162. The summed E-state index contributed by atoms with van der Waals surface area (Å²) in [7, 11) is 0. The molecule has 2 heterocycles. The van der Waals surface area contributed by atoms with Crippen molar-refractivity contribution in [1.29, 1.82) is 0 Å². The Morgan fingerprint density at radius 3 is 2.56 bits per heavy atom. The number of hydrogen-bond donors (Lipinski definition) is 1. The third-order valence-corrected chi connectivity index (χ3v) is 3.65. The summed E-state index contributed by atoms with van der Waals surface area (Å²) in [6.45, 7) is 11.9. The topological polar surface area (TPSA) is 35.9 Å². The highest BCUT2D eigenvalue weighted by atomic mass is 16.5. The summed E-state index contributed by atoms with van der Waals surface area (Å²) >= 11 is 0. The molecule has 4 heteroatoms. The summed E-state index contributed by atoms with van der Waals surface area (Å²) in [6, 6.07) is 0.427. The van der Waals surface area contributed by atoms with Gasteiger partial charge in [0.15, 0.2) is 0 Å². The van der Waals surface area contributed by atoms with Gasteiger partial charge in [0, 0.05) is 32.2 Å². The van der Waals surface area contributed by atoms with Gasteiger partial charge in [-0.15, -0.1) is 0 Å². The van der Waals surface area contributed by atoms with Crippen molar-refractivity contribution in [2.45, 2.75) is 38.5 Å². The first-order chi connectivity index (χ1) is 7.50. The lowest BCUT2D eigenvalue weighted by Gasteiger charge is -2.48. The molecular weight excluding hydrogens is 204 g/mol. The Labute approximate surface area is 98.2 Å². The third kappa shape index (κ3) is 2.74. The van der Waals surface area contributed by atoms with E-state index < -0.39 is 5.60 Å². The Kier molecular flexibility index (Phi) is 3.54. The Morgan fingerprint density at radius 2 is 2.06 bits per heavy atom. The Hall–Kier alpha value is -0.160. The molecule has 4 nitrogen and oxygen atoms in total. The largest absolute Gasteiger partial charge is 0.388 e. The van der Waals surface area contributed by atoms with Crippen molar-refractivity contribution in [3.05, 3.63) is 0 Å². The zero-order valence-electron chi connectivity index (χ0n) is 10.6. The highest BCUT2D eigenvalue weighted by Crippen LogP contribution is 2.22. The minimum atomic E-state index is -0.469. The number of likely N-dealkylation sites (N-methyl/N-ethyl adjacent to an activating group) is 1. The quantitative estimate of drug-likeness (QED) is 0.727. The molecule has 0 saturated carbocycles. The maximum Gasteiger partial charge on any atom is 0.0872 e. The van der Waals surface area contributed by atoms with Crippen LogP contribution in [-0.2, 0) is 4.74 Å². The molecule has 0 amide bonds. The maximum atomic E-state index is 9.64. The van der Waals surface area contributed by atoms with Crippen molar-refractivity contribution < 1.29 is 9.84 Å². The molecule has 0 aromatic rings. The number of rotatable bonds is 5. The van der Waals surface area contributed by atoms with Gasteiger partial charge in [-0.3, -0.25) is 9.80 Å². The van der Waals surface area contributed by atoms with Crippen LogP contribution in [0.5, 0.6) is 0 Å². The molecule has 2 aliphatic rings. The Bertz CT molecular complexity index is 231. The molecule has 1 unspecified atom stereocenters. The first-order valence-electron chi connectivity index (χ1n) is 6.30. The number of aliphatic hydroxyl groups is 1. The number of ether oxygens (including phenoxy) is 1. The van der Waals surface area contributed by atoms with E-state index in [0.717, 1.165) is 39.3 Å². The zero-order chi connectivity index (χ0) is 11.8. The van der Waals surface area contributed by atoms with Crippen molar-refractivity contribution in [3.63, 3.8) is 0 Å². The molecule has 0 aromatic heterocycles. The average Bonchev–Trinajstić information content (AvgIpc) is 2.11. The lowest BCUT2D eigenvalue weighted by atomic mass is 9.95. The lowest BCUT2D eigenvalue weighted by molar-refractivity contribution is -0.125. The van der Waals surface area contributed by atoms with Gasteiger partial charge in [0.25, 0.3) is 0 Å². The molecule has 16 heavy (non-hydrogen) atoms. The van der Waals surface area contributed by atoms with E-state index in [-0.39, 0.29) is 0 Å². The van der Waals surface area contributed by atoms with Gasteiger partial charge in [0.1, 0.15) is 0 Å². The molecule has 0 bridgehead atoms. The Balaban J connectivity index is 1.57. The van der Waals surface area contributed by atoms with Gasteiger partial charge in [0.2, 0.25) is 0 Å². The Morgan fingerprint density at radius 1 is 1.44 bits per heavy atom. The van der Waals surface area contributed by atoms with E-state index in [1.54, 1.807) is 0 Å². The van der Waals surface area contributed by atoms with E-state index in [0.29, 0.717) is 12.1 Å². The molecule has 0 radical (unpaired) electrons. The summed E-state index contributed by atoms with van der Waals surface area (Å²) < 4.78 is 5.83. The second kappa shape index (κ2) is 4.61. The minimum absolute atomic E-state index is 0.427. The lowest BCUT2D eigenvalue weighted by Crippen LogP contribution is -2.63. The summed E-state index contributed by atoms with van der Waals surface area (Å²) in [5, 5.41) is 9.64. The smallest absolute Gasteiger partial charge is 0.0872 e. The average molecular weight is 228 g/mol. The van der Waals surface area contributed by atoms with Gasteiger partial charge in [-0.05, 0) is 20.4 Å². The predicted molar refractivity (Wildman–Crippen MR) is 63.5 cm³/mol.